The summed E-state index contributed by atoms with van der Waals surface area (Å²) in [5.41, 5.74) is 0.932. The van der Waals surface area contributed by atoms with Crippen molar-refractivity contribution in [1.29, 1.82) is 0 Å². The van der Waals surface area contributed by atoms with Crippen LogP contribution in [0.2, 0.25) is 5.02 Å². The summed E-state index contributed by atoms with van der Waals surface area (Å²) < 4.78 is 10.0. The summed E-state index contributed by atoms with van der Waals surface area (Å²) in [6.45, 7) is 0. The highest BCUT2D eigenvalue weighted by Gasteiger charge is 2.49. The second kappa shape index (κ2) is 6.05. The lowest BCUT2D eigenvalue weighted by Crippen LogP contribution is -2.43. The maximum Gasteiger partial charge on any atom is 0.509 e. The van der Waals surface area contributed by atoms with Gasteiger partial charge in [-0.2, -0.15) is 0 Å². The third-order valence-corrected chi connectivity index (χ3v) is 4.21. The number of carbonyl (C=O) groups excluding carboxylic acids is 2. The molecule has 118 valence electrons. The molecule has 1 aliphatic carbocycles. The molecular formula is C18H15ClO4. The quantitative estimate of drug-likeness (QED) is 0.802. The van der Waals surface area contributed by atoms with Gasteiger partial charge in [0.15, 0.2) is 5.60 Å². The number of methoxy groups -OCH3 is 1. The first-order valence-electron chi connectivity index (χ1n) is 7.18. The summed E-state index contributed by atoms with van der Waals surface area (Å²) in [6.07, 6.45) is -0.298. The van der Waals surface area contributed by atoms with E-state index in [-0.39, 0.29) is 18.6 Å². The molecule has 1 aliphatic rings. The monoisotopic (exact) mass is 330 g/mol. The molecule has 0 aliphatic heterocycles. The van der Waals surface area contributed by atoms with E-state index in [0.717, 1.165) is 11.1 Å². The Kier molecular flexibility index (Phi) is 4.09. The van der Waals surface area contributed by atoms with Gasteiger partial charge in [0.25, 0.3) is 0 Å². The van der Waals surface area contributed by atoms with Crippen LogP contribution in [-0.2, 0) is 22.3 Å². The molecule has 0 bridgehead atoms. The third-order valence-electron chi connectivity index (χ3n) is 3.98. The van der Waals surface area contributed by atoms with E-state index in [4.69, 9.17) is 16.3 Å². The lowest BCUT2D eigenvalue weighted by molar-refractivity contribution is -0.0118. The Balaban J connectivity index is 2.00. The van der Waals surface area contributed by atoms with E-state index in [1.54, 1.807) is 18.2 Å². The zero-order valence-electron chi connectivity index (χ0n) is 12.5. The second-order valence-corrected chi connectivity index (χ2v) is 5.96. The molecule has 0 aromatic heterocycles. The van der Waals surface area contributed by atoms with Gasteiger partial charge in [-0.3, -0.25) is 4.79 Å². The number of Topliss-reactive ketones (excluding diaryl/α,β-unsaturated/α-hetero) is 1. The van der Waals surface area contributed by atoms with Crippen LogP contribution >= 0.6 is 11.6 Å². The molecule has 0 saturated carbocycles. The minimum Gasteiger partial charge on any atom is -0.438 e. The first kappa shape index (κ1) is 15.6. The summed E-state index contributed by atoms with van der Waals surface area (Å²) in [4.78, 5) is 24.6. The Morgan fingerprint density at radius 2 is 1.96 bits per heavy atom. The number of benzene rings is 2. The van der Waals surface area contributed by atoms with Gasteiger partial charge in [-0.05, 0) is 29.3 Å². The molecule has 1 unspecified atom stereocenters. The van der Waals surface area contributed by atoms with E-state index >= 15 is 0 Å². The van der Waals surface area contributed by atoms with E-state index in [9.17, 15) is 9.59 Å². The van der Waals surface area contributed by atoms with Gasteiger partial charge >= 0.3 is 6.16 Å². The van der Waals surface area contributed by atoms with E-state index in [1.165, 1.54) is 7.11 Å². The number of carbonyl (C=O) groups is 2. The molecule has 0 fully saturated rings. The maximum absolute atomic E-state index is 12.9. The average Bonchev–Trinajstić information content (AvgIpc) is 2.79. The van der Waals surface area contributed by atoms with Crippen molar-refractivity contribution in [3.63, 3.8) is 0 Å². The van der Waals surface area contributed by atoms with Crippen LogP contribution in [0.5, 0.6) is 0 Å². The number of ether oxygens (including phenoxy) is 2. The van der Waals surface area contributed by atoms with Crippen LogP contribution in [0.1, 0.15) is 21.5 Å². The Hall–Kier alpha value is -2.33. The zero-order chi connectivity index (χ0) is 16.4. The molecule has 0 heterocycles. The van der Waals surface area contributed by atoms with Crippen molar-refractivity contribution in [2.45, 2.75) is 18.4 Å². The molecular weight excluding hydrogens is 316 g/mol. The molecule has 0 saturated heterocycles. The van der Waals surface area contributed by atoms with E-state index in [2.05, 4.69) is 4.74 Å². The van der Waals surface area contributed by atoms with Crippen molar-refractivity contribution in [3.8, 4) is 0 Å². The highest BCUT2D eigenvalue weighted by molar-refractivity contribution is 6.31. The third kappa shape index (κ3) is 2.94. The van der Waals surface area contributed by atoms with Crippen LogP contribution in [0.15, 0.2) is 48.5 Å². The van der Waals surface area contributed by atoms with Crippen LogP contribution in [0.3, 0.4) is 0 Å². The van der Waals surface area contributed by atoms with Crippen LogP contribution in [0.4, 0.5) is 4.79 Å². The Morgan fingerprint density at radius 3 is 2.65 bits per heavy atom. The van der Waals surface area contributed by atoms with Crippen molar-refractivity contribution in [3.05, 3.63) is 70.2 Å². The number of hydrogen-bond acceptors (Lipinski definition) is 4. The molecule has 3 rings (SSSR count). The highest BCUT2D eigenvalue weighted by atomic mass is 35.5. The molecule has 4 nitrogen and oxygen atoms in total. The molecule has 1 atom stereocenters. The Morgan fingerprint density at radius 1 is 1.22 bits per heavy atom. The van der Waals surface area contributed by atoms with Crippen LogP contribution in [0.25, 0.3) is 0 Å². The highest BCUT2D eigenvalue weighted by Crippen LogP contribution is 2.37. The van der Waals surface area contributed by atoms with Gasteiger partial charge in [0.1, 0.15) is 0 Å². The smallest absolute Gasteiger partial charge is 0.438 e. The molecule has 2 aromatic rings. The topological polar surface area (TPSA) is 52.6 Å². The van der Waals surface area contributed by atoms with Crippen LogP contribution in [0, 0.1) is 0 Å². The molecule has 23 heavy (non-hydrogen) atoms. The molecule has 0 radical (unpaired) electrons. The van der Waals surface area contributed by atoms with Crippen LogP contribution in [-0.4, -0.2) is 24.6 Å². The molecule has 0 N–H and O–H groups in total. The fourth-order valence-corrected chi connectivity index (χ4v) is 3.15. The summed E-state index contributed by atoms with van der Waals surface area (Å²) >= 11 is 6.01. The van der Waals surface area contributed by atoms with Crippen LogP contribution < -0.4 is 0 Å². The summed E-state index contributed by atoms with van der Waals surface area (Å²) in [5, 5.41) is 0.546. The zero-order valence-corrected chi connectivity index (χ0v) is 13.3. The fraction of sp³-hybridized carbons (Fsp3) is 0.222. The van der Waals surface area contributed by atoms with E-state index < -0.39 is 11.8 Å². The van der Waals surface area contributed by atoms with Crippen molar-refractivity contribution in [2.24, 2.45) is 0 Å². The van der Waals surface area contributed by atoms with Crippen molar-refractivity contribution >= 4 is 23.5 Å². The lowest BCUT2D eigenvalue weighted by atomic mass is 9.90. The number of ketones is 1. The molecule has 0 spiro atoms. The summed E-state index contributed by atoms with van der Waals surface area (Å²) in [5.74, 6) is -0.224. The minimum absolute atomic E-state index is 0.224. The van der Waals surface area contributed by atoms with Gasteiger partial charge in [0.05, 0.1) is 7.11 Å². The summed E-state index contributed by atoms with van der Waals surface area (Å²) in [6, 6.07) is 14.5. The van der Waals surface area contributed by atoms with E-state index in [1.807, 2.05) is 30.3 Å². The second-order valence-electron chi connectivity index (χ2n) is 5.52. The Bertz CT molecular complexity index is 757. The fourth-order valence-electron chi connectivity index (χ4n) is 2.95. The lowest BCUT2D eigenvalue weighted by Gasteiger charge is -2.26. The summed E-state index contributed by atoms with van der Waals surface area (Å²) in [7, 11) is 1.22. The predicted octanol–water partition coefficient (Wildman–Crippen LogP) is 3.84. The standard InChI is InChI=1S/C18H15ClO4/c1-22-17(21)23-18(10-12-5-3-2-4-6-12)11-13-9-14(19)7-8-15(13)16(18)20/h2-9H,10-11H2,1H3. The molecule has 5 heteroatoms. The number of hydrogen-bond donors (Lipinski definition) is 0. The van der Waals surface area contributed by atoms with Crippen molar-refractivity contribution < 1.29 is 19.1 Å². The minimum atomic E-state index is -1.29. The molecule has 0 amide bonds. The molecule has 2 aromatic carbocycles. The van der Waals surface area contributed by atoms with Gasteiger partial charge in [0, 0.05) is 23.4 Å². The number of halogens is 1. The first-order valence-corrected chi connectivity index (χ1v) is 7.56. The maximum atomic E-state index is 12.9. The number of fused-ring (bicyclic) bond motifs is 1. The average molecular weight is 331 g/mol. The van der Waals surface area contributed by atoms with Gasteiger partial charge in [0.2, 0.25) is 5.78 Å². The largest absolute Gasteiger partial charge is 0.509 e. The normalized spacial score (nSPS) is 19.3. The SMILES string of the molecule is COC(=O)OC1(Cc2ccccc2)Cc2cc(Cl)ccc2C1=O. The predicted molar refractivity (Wildman–Crippen MR) is 85.9 cm³/mol. The van der Waals surface area contributed by atoms with Gasteiger partial charge in [-0.1, -0.05) is 41.9 Å². The Labute approximate surface area is 139 Å². The first-order chi connectivity index (χ1) is 11.0. The van der Waals surface area contributed by atoms with Crippen molar-refractivity contribution in [1.82, 2.24) is 0 Å². The number of rotatable bonds is 3. The van der Waals surface area contributed by atoms with Gasteiger partial charge < -0.3 is 9.47 Å². The van der Waals surface area contributed by atoms with Gasteiger partial charge in [-0.15, -0.1) is 0 Å². The van der Waals surface area contributed by atoms with E-state index in [0.29, 0.717) is 10.6 Å². The van der Waals surface area contributed by atoms with Gasteiger partial charge in [-0.25, -0.2) is 4.79 Å². The van der Waals surface area contributed by atoms with Crippen molar-refractivity contribution in [2.75, 3.05) is 7.11 Å².